The Labute approximate surface area is 686 Å². The highest BCUT2D eigenvalue weighted by Gasteiger charge is 2.19. The van der Waals surface area contributed by atoms with Crippen molar-refractivity contribution in [2.24, 2.45) is 0 Å². The van der Waals surface area contributed by atoms with Crippen molar-refractivity contribution in [3.63, 3.8) is 0 Å². The summed E-state index contributed by atoms with van der Waals surface area (Å²) < 4.78 is 58.5. The monoisotopic (exact) mass is 1600 g/mol. The fourth-order valence-corrected chi connectivity index (χ4v) is 4.85. The van der Waals surface area contributed by atoms with E-state index in [0.29, 0.717) is 79.1 Å². The lowest BCUT2D eigenvalue weighted by Crippen LogP contribution is -2.25. The summed E-state index contributed by atoms with van der Waals surface area (Å²) >= 11 is 0. The van der Waals surface area contributed by atoms with E-state index in [4.69, 9.17) is 111 Å². The topological polar surface area (TPSA) is 284 Å². The van der Waals surface area contributed by atoms with Crippen LogP contribution in [0.1, 0.15) is 377 Å². The van der Waals surface area contributed by atoms with Crippen molar-refractivity contribution < 1.29 is 98.1 Å². The third-order valence-electron chi connectivity index (χ3n) is 12.0. The van der Waals surface area contributed by atoms with Crippen LogP contribution >= 0.6 is 0 Å². The smallest absolute Gasteiger partial charge is 0.108 e. The summed E-state index contributed by atoms with van der Waals surface area (Å²) in [5.41, 5.74) is -1.30. The van der Waals surface area contributed by atoms with Crippen LogP contribution in [0.5, 0.6) is 0 Å². The Balaban J connectivity index is -0.0000000766. The molecule has 0 aromatic rings. The van der Waals surface area contributed by atoms with Gasteiger partial charge in [0.2, 0.25) is 0 Å². The molecule has 0 bridgehead atoms. The Kier molecular flexibility index (Phi) is 98.5. The summed E-state index contributed by atoms with van der Waals surface area (Å²) in [6.07, 6.45) is 14.8. The van der Waals surface area contributed by atoms with Gasteiger partial charge in [-0.2, -0.15) is 0 Å². The van der Waals surface area contributed by atoms with Gasteiger partial charge in [-0.05, 0) is 286 Å². The largest absolute Gasteiger partial charge is 0.391 e. The lowest BCUT2D eigenvalue weighted by molar-refractivity contribution is -0.0493. The Morgan fingerprint density at radius 2 is 0.309 bits per heavy atom. The number of rotatable bonds is 30. The minimum absolute atomic E-state index is 0. The van der Waals surface area contributed by atoms with Crippen LogP contribution in [0.4, 0.5) is 0 Å². The van der Waals surface area contributed by atoms with Gasteiger partial charge in [0.1, 0.15) is 6.61 Å². The molecule has 0 aliphatic rings. The molecule has 0 rings (SSSR count). The summed E-state index contributed by atoms with van der Waals surface area (Å²) in [5, 5.41) is 81.9. The van der Waals surface area contributed by atoms with Crippen LogP contribution in [0.2, 0.25) is 0 Å². The van der Waals surface area contributed by atoms with E-state index in [-0.39, 0.29) is 139 Å². The van der Waals surface area contributed by atoms with E-state index in [1.807, 2.05) is 291 Å². The van der Waals surface area contributed by atoms with Crippen LogP contribution < -0.4 is 0 Å². The van der Waals surface area contributed by atoms with Gasteiger partial charge in [-0.15, -0.1) is 18.8 Å². The van der Waals surface area contributed by atoms with Crippen molar-refractivity contribution in [2.75, 3.05) is 72.7 Å². The minimum Gasteiger partial charge on any atom is -0.391 e. The van der Waals surface area contributed by atoms with Crippen molar-refractivity contribution in [2.45, 2.75) is 494 Å². The molecule has 0 heterocycles. The van der Waals surface area contributed by atoms with E-state index in [2.05, 4.69) is 11.8 Å². The third kappa shape index (κ3) is 178. The molecule has 0 aromatic heterocycles. The average Bonchev–Trinajstić information content (AvgIpc) is 1.00. The zero-order valence-electron chi connectivity index (χ0n) is 78.2. The molecule has 0 saturated carbocycles. The summed E-state index contributed by atoms with van der Waals surface area (Å²) in [6.45, 7) is 88.0. The van der Waals surface area contributed by atoms with E-state index in [9.17, 15) is 0 Å². The second kappa shape index (κ2) is 77.2. The molecule has 0 saturated heterocycles. The van der Waals surface area contributed by atoms with Gasteiger partial charge in [0, 0.05) is 6.42 Å². The van der Waals surface area contributed by atoms with Crippen LogP contribution in [0.25, 0.3) is 0 Å². The van der Waals surface area contributed by atoms with E-state index in [0.717, 1.165) is 57.8 Å². The molecule has 9 N–H and O–H groups in total. The number of terminal acetylenes is 2. The van der Waals surface area contributed by atoms with E-state index in [1.165, 1.54) is 0 Å². The van der Waals surface area contributed by atoms with Crippen molar-refractivity contribution in [3.8, 4) is 24.7 Å². The van der Waals surface area contributed by atoms with Crippen LogP contribution in [-0.4, -0.2) is 235 Å². The number of aliphatic hydroxyl groups is 9. The van der Waals surface area contributed by atoms with Crippen LogP contribution in [0.3, 0.4) is 0 Å². The zero-order valence-corrected chi connectivity index (χ0v) is 78.2. The van der Waals surface area contributed by atoms with Gasteiger partial charge >= 0.3 is 0 Å². The predicted molar refractivity (Wildman–Crippen MR) is 472 cm³/mol. The quantitative estimate of drug-likeness (QED) is 0.0239. The fourth-order valence-electron chi connectivity index (χ4n) is 4.85. The van der Waals surface area contributed by atoms with Gasteiger partial charge in [-0.3, -0.25) is 0 Å². The molecule has 0 fully saturated rings. The molecule has 0 spiro atoms. The molecule has 0 radical (unpaired) electrons. The number of aliphatic hydroxyl groups excluding tert-OH is 9. The Bertz CT molecular complexity index is 1550. The minimum atomic E-state index is -0.306. The Morgan fingerprint density at radius 3 is 0.373 bits per heavy atom. The highest BCUT2D eigenvalue weighted by Crippen LogP contribution is 2.15. The second-order valence-corrected chi connectivity index (χ2v) is 36.9. The first-order chi connectivity index (χ1) is 47.7. The first-order valence-electron chi connectivity index (χ1n) is 39.7. The van der Waals surface area contributed by atoms with Gasteiger partial charge in [0.25, 0.3) is 0 Å². The second-order valence-electron chi connectivity index (χ2n) is 36.9. The van der Waals surface area contributed by atoms with E-state index >= 15 is 0 Å². The van der Waals surface area contributed by atoms with E-state index in [1.54, 1.807) is 0 Å². The van der Waals surface area contributed by atoms with Crippen LogP contribution in [0, 0.1) is 24.7 Å². The van der Waals surface area contributed by atoms with Gasteiger partial charge in [0.15, 0.2) is 0 Å². The number of ether oxygens (including phenoxy) is 11. The first-order valence-corrected chi connectivity index (χ1v) is 39.7. The molecule has 680 valence electrons. The molecule has 0 amide bonds. The maximum absolute atomic E-state index is 9.10. The maximum atomic E-state index is 9.10. The fraction of sp³-hybridized carbons (Fsp3) is 0.956. The summed E-state index contributed by atoms with van der Waals surface area (Å²) in [6, 6.07) is 0. The molecule has 20 heteroatoms. The number of hydrogen-bond acceptors (Lipinski definition) is 20. The molecule has 0 aromatic carbocycles. The van der Waals surface area contributed by atoms with Crippen molar-refractivity contribution >= 4 is 0 Å². The first kappa shape index (κ1) is 140. The summed E-state index contributed by atoms with van der Waals surface area (Å²) in [7, 11) is 0. The Hall–Kier alpha value is -1.68. The lowest BCUT2D eigenvalue weighted by Gasteiger charge is -2.21. The lowest BCUT2D eigenvalue weighted by atomic mass is 10.2. The van der Waals surface area contributed by atoms with Gasteiger partial charge < -0.3 is 98.1 Å². The van der Waals surface area contributed by atoms with E-state index < -0.39 is 0 Å². The number of hydrogen-bond donors (Lipinski definition) is 9. The van der Waals surface area contributed by atoms with Crippen molar-refractivity contribution in [1.29, 1.82) is 0 Å². The molecular formula is C90H200O20. The normalized spacial score (nSPS) is 14.2. The molecule has 0 aliphatic heterocycles. The van der Waals surface area contributed by atoms with Crippen LogP contribution in [0.15, 0.2) is 0 Å². The van der Waals surface area contributed by atoms with Gasteiger partial charge in [-0.25, -0.2) is 0 Å². The Morgan fingerprint density at radius 1 is 0.200 bits per heavy atom. The molecule has 20 nitrogen and oxygen atoms in total. The summed E-state index contributed by atoms with van der Waals surface area (Å²) in [5.74, 6) is 4.92. The van der Waals surface area contributed by atoms with Crippen molar-refractivity contribution in [1.82, 2.24) is 0 Å². The zero-order chi connectivity index (χ0) is 87.7. The SMILES string of the molecule is C.C.C.C#CCCOC(C)(C)C.C#CCOC(C)(C)C.CCC(O)COC(C)(C)C.CCC(O)COC(C)(C)C.CCC(O)COC(C)(C)C.CC[C@@H](O)COC(C)(C)C.CC[C@@H](O)COC(C)(C)C.CC[C@@H](O)COC(C)(C)C.CC[C@H](O)COC(C)(C)C.CC[C@H](O)COC(C)(C)C.CC[C@H](O)COC(C)(C)C. The van der Waals surface area contributed by atoms with Crippen LogP contribution in [-0.2, 0) is 52.1 Å². The van der Waals surface area contributed by atoms with Gasteiger partial charge in [-0.1, -0.05) is 90.5 Å². The van der Waals surface area contributed by atoms with Gasteiger partial charge in [0.05, 0.1) is 183 Å². The van der Waals surface area contributed by atoms with Crippen molar-refractivity contribution in [3.05, 3.63) is 0 Å². The third-order valence-corrected chi connectivity index (χ3v) is 12.0. The molecule has 0 aliphatic carbocycles. The molecular weight excluding hydrogens is 1400 g/mol. The highest BCUT2D eigenvalue weighted by atomic mass is 16.5. The molecule has 110 heavy (non-hydrogen) atoms. The molecule has 3 unspecified atom stereocenters. The maximum Gasteiger partial charge on any atom is 0.108 e. The average molecular weight is 1600 g/mol. The standard InChI is InChI=1S/9C8H18O2.C8H14O.C7H12O.3CH4/c9*1-5-7(9)6-10-8(2,3)4;1-5-6-7-9-8(2,3)4;1-5-6-8-7(2,3)4;;;/h9*7,9H,5-6H2,1-4H3;1H,6-7H2,2-4H3;1H,6H2,2-4H3;3*1H4/t6*7-;;;;;;;;/m111000......../s1. The predicted octanol–water partition coefficient (Wildman–Crippen LogP) is 19.3. The summed E-state index contributed by atoms with van der Waals surface area (Å²) in [4.78, 5) is 0. The molecule has 9 atom stereocenters. The highest BCUT2D eigenvalue weighted by molar-refractivity contribution is 4.84.